The predicted molar refractivity (Wildman–Crippen MR) is 64.7 cm³/mol. The molecule has 1 heterocycles. The third-order valence-electron chi connectivity index (χ3n) is 3.64. The largest absolute Gasteiger partial charge is 0.464 e. The molecule has 0 aromatic carbocycles. The minimum Gasteiger partial charge on any atom is -0.464 e. The lowest BCUT2D eigenvalue weighted by atomic mass is 9.83. The van der Waals surface area contributed by atoms with Crippen LogP contribution in [0.5, 0.6) is 0 Å². The SMILES string of the molecule is CCc1ccc(C(NN)C2CCCCC2)o1. The summed E-state index contributed by atoms with van der Waals surface area (Å²) in [6.07, 6.45) is 7.48. The number of nitrogens with one attached hydrogen (secondary N) is 1. The zero-order valence-electron chi connectivity index (χ0n) is 10.0. The van der Waals surface area contributed by atoms with Crippen LogP contribution in [-0.2, 0) is 6.42 Å². The van der Waals surface area contributed by atoms with Crippen molar-refractivity contribution in [3.63, 3.8) is 0 Å². The molecule has 1 aromatic heterocycles. The average Bonchev–Trinajstić information content (AvgIpc) is 2.80. The van der Waals surface area contributed by atoms with Crippen LogP contribution in [0.15, 0.2) is 16.5 Å². The first-order chi connectivity index (χ1) is 7.85. The molecule has 1 atom stereocenters. The van der Waals surface area contributed by atoms with Crippen LogP contribution in [0.25, 0.3) is 0 Å². The van der Waals surface area contributed by atoms with Crippen molar-refractivity contribution in [1.29, 1.82) is 0 Å². The summed E-state index contributed by atoms with van der Waals surface area (Å²) in [6.45, 7) is 2.11. The molecule has 0 saturated heterocycles. The molecule has 1 saturated carbocycles. The van der Waals surface area contributed by atoms with Gasteiger partial charge in [0.15, 0.2) is 0 Å². The summed E-state index contributed by atoms with van der Waals surface area (Å²) in [5.74, 6) is 8.36. The van der Waals surface area contributed by atoms with Gasteiger partial charge in [-0.1, -0.05) is 26.2 Å². The first kappa shape index (κ1) is 11.7. The summed E-state index contributed by atoms with van der Waals surface area (Å²) in [4.78, 5) is 0. The van der Waals surface area contributed by atoms with Gasteiger partial charge in [0, 0.05) is 6.42 Å². The van der Waals surface area contributed by atoms with Gasteiger partial charge in [-0.05, 0) is 30.9 Å². The van der Waals surface area contributed by atoms with Crippen LogP contribution in [0, 0.1) is 5.92 Å². The van der Waals surface area contributed by atoms with Gasteiger partial charge in [0.05, 0.1) is 6.04 Å². The number of hydrogen-bond acceptors (Lipinski definition) is 3. The molecule has 3 N–H and O–H groups in total. The summed E-state index contributed by atoms with van der Waals surface area (Å²) in [6, 6.07) is 4.32. The molecule has 0 aliphatic heterocycles. The first-order valence-electron chi connectivity index (χ1n) is 6.40. The van der Waals surface area contributed by atoms with Gasteiger partial charge in [-0.15, -0.1) is 0 Å². The Labute approximate surface area is 97.4 Å². The lowest BCUT2D eigenvalue weighted by Gasteiger charge is -2.28. The Balaban J connectivity index is 2.08. The van der Waals surface area contributed by atoms with Crippen molar-refractivity contribution in [1.82, 2.24) is 5.43 Å². The van der Waals surface area contributed by atoms with Crippen LogP contribution in [0.2, 0.25) is 0 Å². The average molecular weight is 222 g/mol. The Bertz CT molecular complexity index is 315. The lowest BCUT2D eigenvalue weighted by molar-refractivity contribution is 0.243. The molecule has 90 valence electrons. The third-order valence-corrected chi connectivity index (χ3v) is 3.64. The monoisotopic (exact) mass is 222 g/mol. The lowest BCUT2D eigenvalue weighted by Crippen LogP contribution is -2.34. The minimum absolute atomic E-state index is 0.195. The molecule has 1 fully saturated rings. The van der Waals surface area contributed by atoms with E-state index in [0.29, 0.717) is 5.92 Å². The minimum atomic E-state index is 0.195. The molecule has 1 aromatic rings. The topological polar surface area (TPSA) is 51.2 Å². The van der Waals surface area contributed by atoms with E-state index in [1.165, 1.54) is 32.1 Å². The fourth-order valence-electron chi connectivity index (χ4n) is 2.67. The molecule has 0 radical (unpaired) electrons. The van der Waals surface area contributed by atoms with E-state index in [0.717, 1.165) is 17.9 Å². The number of hydrazine groups is 1. The summed E-state index contributed by atoms with van der Waals surface area (Å²) in [5, 5.41) is 0. The number of nitrogens with two attached hydrogens (primary N) is 1. The number of furan rings is 1. The van der Waals surface area contributed by atoms with E-state index in [2.05, 4.69) is 24.5 Å². The van der Waals surface area contributed by atoms with Crippen molar-refractivity contribution in [3.05, 3.63) is 23.7 Å². The molecule has 1 aliphatic rings. The fraction of sp³-hybridized carbons (Fsp3) is 0.692. The van der Waals surface area contributed by atoms with Crippen molar-refractivity contribution in [2.75, 3.05) is 0 Å². The van der Waals surface area contributed by atoms with Crippen LogP contribution >= 0.6 is 0 Å². The molecule has 0 bridgehead atoms. The van der Waals surface area contributed by atoms with E-state index < -0.39 is 0 Å². The molecule has 0 spiro atoms. The molecular formula is C13H22N2O. The van der Waals surface area contributed by atoms with Gasteiger partial charge in [0.25, 0.3) is 0 Å². The summed E-state index contributed by atoms with van der Waals surface area (Å²) >= 11 is 0. The van der Waals surface area contributed by atoms with Crippen LogP contribution < -0.4 is 11.3 Å². The van der Waals surface area contributed by atoms with Crippen LogP contribution in [0.3, 0.4) is 0 Å². The Morgan fingerprint density at radius 1 is 1.38 bits per heavy atom. The molecule has 3 nitrogen and oxygen atoms in total. The van der Waals surface area contributed by atoms with E-state index >= 15 is 0 Å². The van der Waals surface area contributed by atoms with Crippen molar-refractivity contribution in [3.8, 4) is 0 Å². The molecule has 1 aliphatic carbocycles. The van der Waals surface area contributed by atoms with Gasteiger partial charge in [0.2, 0.25) is 0 Å². The molecule has 1 unspecified atom stereocenters. The summed E-state index contributed by atoms with van der Waals surface area (Å²) in [7, 11) is 0. The normalized spacial score (nSPS) is 19.9. The van der Waals surface area contributed by atoms with E-state index in [1.807, 2.05) is 0 Å². The quantitative estimate of drug-likeness (QED) is 0.608. The van der Waals surface area contributed by atoms with E-state index in [-0.39, 0.29) is 6.04 Å². The second kappa shape index (κ2) is 5.51. The van der Waals surface area contributed by atoms with Gasteiger partial charge < -0.3 is 4.42 Å². The first-order valence-corrected chi connectivity index (χ1v) is 6.40. The molecule has 2 rings (SSSR count). The van der Waals surface area contributed by atoms with E-state index in [9.17, 15) is 0 Å². The zero-order chi connectivity index (χ0) is 11.4. The van der Waals surface area contributed by atoms with Crippen LogP contribution in [0.1, 0.15) is 56.6 Å². The zero-order valence-corrected chi connectivity index (χ0v) is 10.0. The fourth-order valence-corrected chi connectivity index (χ4v) is 2.67. The van der Waals surface area contributed by atoms with E-state index in [1.54, 1.807) is 0 Å². The maximum Gasteiger partial charge on any atom is 0.122 e. The van der Waals surface area contributed by atoms with Gasteiger partial charge >= 0.3 is 0 Å². The summed E-state index contributed by atoms with van der Waals surface area (Å²) in [5.41, 5.74) is 2.93. The van der Waals surface area contributed by atoms with Crippen LogP contribution in [-0.4, -0.2) is 0 Å². The number of hydrogen-bond donors (Lipinski definition) is 2. The Kier molecular flexibility index (Phi) is 4.02. The Morgan fingerprint density at radius 3 is 2.69 bits per heavy atom. The summed E-state index contributed by atoms with van der Waals surface area (Å²) < 4.78 is 5.80. The standard InChI is InChI=1S/C13H22N2O/c1-2-11-8-9-12(16-11)13(15-14)10-6-4-3-5-7-10/h8-10,13,15H,2-7,14H2,1H3. The maximum atomic E-state index is 5.80. The van der Waals surface area contributed by atoms with Gasteiger partial charge in [-0.25, -0.2) is 5.43 Å². The van der Waals surface area contributed by atoms with Crippen molar-refractivity contribution < 1.29 is 4.42 Å². The molecule has 3 heteroatoms. The molecule has 0 amide bonds. The Morgan fingerprint density at radius 2 is 2.12 bits per heavy atom. The van der Waals surface area contributed by atoms with Crippen molar-refractivity contribution >= 4 is 0 Å². The number of aryl methyl sites for hydroxylation is 1. The van der Waals surface area contributed by atoms with Crippen molar-refractivity contribution in [2.24, 2.45) is 11.8 Å². The van der Waals surface area contributed by atoms with Crippen LogP contribution in [0.4, 0.5) is 0 Å². The van der Waals surface area contributed by atoms with Crippen molar-refractivity contribution in [2.45, 2.75) is 51.5 Å². The van der Waals surface area contributed by atoms with E-state index in [4.69, 9.17) is 10.3 Å². The molecular weight excluding hydrogens is 200 g/mol. The highest BCUT2D eigenvalue weighted by Gasteiger charge is 2.26. The second-order valence-electron chi connectivity index (χ2n) is 4.70. The maximum absolute atomic E-state index is 5.80. The van der Waals surface area contributed by atoms with Gasteiger partial charge in [-0.3, -0.25) is 5.84 Å². The smallest absolute Gasteiger partial charge is 0.122 e. The highest BCUT2D eigenvalue weighted by Crippen LogP contribution is 2.34. The van der Waals surface area contributed by atoms with Gasteiger partial charge in [-0.2, -0.15) is 0 Å². The second-order valence-corrected chi connectivity index (χ2v) is 4.70. The highest BCUT2D eigenvalue weighted by molar-refractivity contribution is 5.11. The highest BCUT2D eigenvalue weighted by atomic mass is 16.3. The third kappa shape index (κ3) is 2.47. The number of rotatable bonds is 4. The predicted octanol–water partition coefficient (Wildman–Crippen LogP) is 2.93. The van der Waals surface area contributed by atoms with Gasteiger partial charge in [0.1, 0.15) is 11.5 Å². The Hall–Kier alpha value is -0.800. The molecule has 16 heavy (non-hydrogen) atoms.